The van der Waals surface area contributed by atoms with Gasteiger partial charge < -0.3 is 9.73 Å². The van der Waals surface area contributed by atoms with E-state index in [1.165, 1.54) is 25.7 Å². The van der Waals surface area contributed by atoms with Crippen LogP contribution >= 0.6 is 0 Å². The van der Waals surface area contributed by atoms with Crippen LogP contribution in [-0.4, -0.2) is 11.0 Å². The zero-order valence-electron chi connectivity index (χ0n) is 11.5. The van der Waals surface area contributed by atoms with Gasteiger partial charge >= 0.3 is 0 Å². The van der Waals surface area contributed by atoms with E-state index in [-0.39, 0.29) is 0 Å². The molecule has 1 aliphatic rings. The van der Waals surface area contributed by atoms with E-state index in [4.69, 9.17) is 4.42 Å². The van der Waals surface area contributed by atoms with E-state index in [0.717, 1.165) is 23.9 Å². The van der Waals surface area contributed by atoms with Gasteiger partial charge in [0.25, 0.3) is 0 Å². The second kappa shape index (κ2) is 4.81. The zero-order valence-corrected chi connectivity index (χ0v) is 11.5. The molecule has 3 nitrogen and oxygen atoms in total. The summed E-state index contributed by atoms with van der Waals surface area (Å²) in [5, 5.41) is 3.56. The minimum Gasteiger partial charge on any atom is -0.444 e. The Morgan fingerprint density at radius 2 is 1.94 bits per heavy atom. The molecule has 2 rings (SSSR count). The first-order chi connectivity index (χ1) is 7.96. The Kier molecular flexibility index (Phi) is 3.57. The van der Waals surface area contributed by atoms with E-state index < -0.39 is 0 Å². The average molecular weight is 236 g/mol. The predicted octanol–water partition coefficient (Wildman–Crippen LogP) is 3.35. The first-order valence-electron chi connectivity index (χ1n) is 6.62. The molecule has 1 aromatic heterocycles. The van der Waals surface area contributed by atoms with Crippen LogP contribution in [0.4, 0.5) is 0 Å². The second-order valence-corrected chi connectivity index (χ2v) is 6.07. The van der Waals surface area contributed by atoms with Crippen LogP contribution in [0.5, 0.6) is 0 Å². The number of rotatable bonds is 3. The van der Waals surface area contributed by atoms with Gasteiger partial charge in [-0.25, -0.2) is 4.98 Å². The smallest absolute Gasteiger partial charge is 0.208 e. The van der Waals surface area contributed by atoms with Crippen LogP contribution in [0.15, 0.2) is 4.42 Å². The fourth-order valence-electron chi connectivity index (χ4n) is 2.45. The van der Waals surface area contributed by atoms with Crippen LogP contribution in [-0.2, 0) is 6.54 Å². The maximum Gasteiger partial charge on any atom is 0.208 e. The van der Waals surface area contributed by atoms with Crippen molar-refractivity contribution in [1.82, 2.24) is 10.3 Å². The molecule has 0 aromatic carbocycles. The quantitative estimate of drug-likeness (QED) is 0.874. The molecule has 17 heavy (non-hydrogen) atoms. The summed E-state index contributed by atoms with van der Waals surface area (Å²) in [6, 6.07) is 0.635. The average Bonchev–Trinajstić information content (AvgIpc) is 2.57. The fraction of sp³-hybridized carbons (Fsp3) is 0.786. The maximum absolute atomic E-state index is 5.57. The lowest BCUT2D eigenvalue weighted by Gasteiger charge is -2.34. The summed E-state index contributed by atoms with van der Waals surface area (Å²) in [6.07, 6.45) is 5.17. The van der Waals surface area contributed by atoms with Gasteiger partial charge in [-0.2, -0.15) is 0 Å². The number of oxazole rings is 1. The number of aromatic nitrogens is 1. The molecule has 0 radical (unpaired) electrons. The van der Waals surface area contributed by atoms with Gasteiger partial charge in [-0.3, -0.25) is 0 Å². The molecule has 96 valence electrons. The van der Waals surface area contributed by atoms with Gasteiger partial charge in [-0.05, 0) is 44.9 Å². The number of hydrogen-bond donors (Lipinski definition) is 1. The summed E-state index contributed by atoms with van der Waals surface area (Å²) in [5.74, 6) is 1.76. The Hall–Kier alpha value is -0.830. The highest BCUT2D eigenvalue weighted by Gasteiger charge is 2.26. The van der Waals surface area contributed by atoms with E-state index >= 15 is 0 Å². The Labute approximate surface area is 104 Å². The monoisotopic (exact) mass is 236 g/mol. The van der Waals surface area contributed by atoms with Crippen LogP contribution in [0, 0.1) is 19.3 Å². The lowest BCUT2D eigenvalue weighted by Crippen LogP contribution is -2.35. The van der Waals surface area contributed by atoms with Gasteiger partial charge in [-0.1, -0.05) is 13.8 Å². The minimum atomic E-state index is 0.536. The molecule has 1 fully saturated rings. The molecule has 0 unspecified atom stereocenters. The van der Waals surface area contributed by atoms with Crippen LogP contribution in [0.25, 0.3) is 0 Å². The van der Waals surface area contributed by atoms with Crippen LogP contribution < -0.4 is 5.32 Å². The van der Waals surface area contributed by atoms with Crippen molar-refractivity contribution in [3.63, 3.8) is 0 Å². The Morgan fingerprint density at radius 3 is 2.47 bits per heavy atom. The predicted molar refractivity (Wildman–Crippen MR) is 68.9 cm³/mol. The summed E-state index contributed by atoms with van der Waals surface area (Å²) in [4.78, 5) is 4.39. The second-order valence-electron chi connectivity index (χ2n) is 6.07. The highest BCUT2D eigenvalue weighted by Crippen LogP contribution is 2.35. The molecule has 0 aliphatic heterocycles. The topological polar surface area (TPSA) is 38.1 Å². The number of aryl methyl sites for hydroxylation is 2. The summed E-state index contributed by atoms with van der Waals surface area (Å²) in [5.41, 5.74) is 1.54. The molecular formula is C14H24N2O. The minimum absolute atomic E-state index is 0.536. The van der Waals surface area contributed by atoms with Crippen molar-refractivity contribution in [2.75, 3.05) is 0 Å². The van der Waals surface area contributed by atoms with Gasteiger partial charge in [0, 0.05) is 6.04 Å². The lowest BCUT2D eigenvalue weighted by molar-refractivity contribution is 0.203. The fourth-order valence-corrected chi connectivity index (χ4v) is 2.45. The molecule has 1 aromatic rings. The van der Waals surface area contributed by atoms with Crippen LogP contribution in [0.3, 0.4) is 0 Å². The maximum atomic E-state index is 5.57. The highest BCUT2D eigenvalue weighted by molar-refractivity contribution is 5.05. The SMILES string of the molecule is Cc1nc(CNC2CCC(C)(C)CC2)oc1C. The first kappa shape index (κ1) is 12.6. The molecule has 0 bridgehead atoms. The third kappa shape index (κ3) is 3.32. The van der Waals surface area contributed by atoms with E-state index in [2.05, 4.69) is 24.1 Å². The van der Waals surface area contributed by atoms with Gasteiger partial charge in [-0.15, -0.1) is 0 Å². The number of hydrogen-bond acceptors (Lipinski definition) is 3. The molecule has 1 aliphatic carbocycles. The van der Waals surface area contributed by atoms with Crippen molar-refractivity contribution in [3.8, 4) is 0 Å². The molecule has 0 saturated heterocycles. The van der Waals surface area contributed by atoms with Crippen molar-refractivity contribution < 1.29 is 4.42 Å². The molecule has 0 atom stereocenters. The number of nitrogens with zero attached hydrogens (tertiary/aromatic N) is 1. The molecule has 0 amide bonds. The van der Waals surface area contributed by atoms with E-state index in [1.54, 1.807) is 0 Å². The molecule has 1 heterocycles. The van der Waals surface area contributed by atoms with E-state index in [1.807, 2.05) is 13.8 Å². The van der Waals surface area contributed by atoms with Gasteiger partial charge in [0.05, 0.1) is 12.2 Å². The molecule has 1 saturated carbocycles. The third-order valence-electron chi connectivity index (χ3n) is 3.95. The summed E-state index contributed by atoms with van der Waals surface area (Å²) >= 11 is 0. The molecule has 3 heteroatoms. The van der Waals surface area contributed by atoms with Crippen molar-refractivity contribution in [2.45, 2.75) is 66.0 Å². The lowest BCUT2D eigenvalue weighted by atomic mass is 9.75. The summed E-state index contributed by atoms with van der Waals surface area (Å²) < 4.78 is 5.57. The van der Waals surface area contributed by atoms with Gasteiger partial charge in [0.15, 0.2) is 0 Å². The Bertz CT molecular complexity index is 352. The van der Waals surface area contributed by atoms with Gasteiger partial charge in [0.2, 0.25) is 5.89 Å². The van der Waals surface area contributed by atoms with E-state index in [0.29, 0.717) is 11.5 Å². The zero-order chi connectivity index (χ0) is 12.5. The molecule has 1 N–H and O–H groups in total. The molecule has 0 spiro atoms. The molecular weight excluding hydrogens is 212 g/mol. The van der Waals surface area contributed by atoms with Crippen LogP contribution in [0.2, 0.25) is 0 Å². The Morgan fingerprint density at radius 1 is 1.29 bits per heavy atom. The summed E-state index contributed by atoms with van der Waals surface area (Å²) in [6.45, 7) is 9.45. The van der Waals surface area contributed by atoms with Crippen molar-refractivity contribution >= 4 is 0 Å². The van der Waals surface area contributed by atoms with Gasteiger partial charge in [0.1, 0.15) is 5.76 Å². The number of nitrogens with one attached hydrogen (secondary N) is 1. The van der Waals surface area contributed by atoms with Crippen LogP contribution in [0.1, 0.15) is 56.9 Å². The first-order valence-corrected chi connectivity index (χ1v) is 6.62. The van der Waals surface area contributed by atoms with Crippen molar-refractivity contribution in [3.05, 3.63) is 17.3 Å². The van der Waals surface area contributed by atoms with E-state index in [9.17, 15) is 0 Å². The Balaban J connectivity index is 1.79. The van der Waals surface area contributed by atoms with Crippen molar-refractivity contribution in [1.29, 1.82) is 0 Å². The highest BCUT2D eigenvalue weighted by atomic mass is 16.4. The normalized spacial score (nSPS) is 20.7. The third-order valence-corrected chi connectivity index (χ3v) is 3.95. The standard InChI is InChI=1S/C14H24N2O/c1-10-11(2)17-13(16-10)9-15-12-5-7-14(3,4)8-6-12/h12,15H,5-9H2,1-4H3. The summed E-state index contributed by atoms with van der Waals surface area (Å²) in [7, 11) is 0. The van der Waals surface area contributed by atoms with Crippen molar-refractivity contribution in [2.24, 2.45) is 5.41 Å². The largest absolute Gasteiger partial charge is 0.444 e.